The molecule has 5 heteroatoms. The van der Waals surface area contributed by atoms with Crippen LogP contribution in [0.3, 0.4) is 0 Å². The molecule has 0 atom stereocenters. The van der Waals surface area contributed by atoms with E-state index in [9.17, 15) is 0 Å². The highest BCUT2D eigenvalue weighted by Gasteiger charge is 2.12. The van der Waals surface area contributed by atoms with Gasteiger partial charge in [0.25, 0.3) is 0 Å². The minimum atomic E-state index is 0.830. The van der Waals surface area contributed by atoms with Gasteiger partial charge in [0.1, 0.15) is 0 Å². The SMILES string of the molecule is Cc1cc(-n2ncc3c(-c4cnccc4C)ccnc32)ccn1. The molecule has 0 bridgehead atoms. The molecule has 0 aromatic carbocycles. The Morgan fingerprint density at radius 3 is 2.57 bits per heavy atom. The second kappa shape index (κ2) is 5.28. The predicted octanol–water partition coefficient (Wildman–Crippen LogP) is 3.49. The maximum absolute atomic E-state index is 4.53. The first-order valence-electron chi connectivity index (χ1n) is 7.41. The molecular weight excluding hydrogens is 286 g/mol. The molecule has 4 rings (SSSR count). The Hall–Kier alpha value is -3.08. The summed E-state index contributed by atoms with van der Waals surface area (Å²) in [4.78, 5) is 13.0. The summed E-state index contributed by atoms with van der Waals surface area (Å²) in [5.41, 5.74) is 6.12. The molecule has 4 aromatic rings. The van der Waals surface area contributed by atoms with Crippen LogP contribution in [0.2, 0.25) is 0 Å². The van der Waals surface area contributed by atoms with E-state index in [2.05, 4.69) is 27.0 Å². The summed E-state index contributed by atoms with van der Waals surface area (Å²) < 4.78 is 1.85. The van der Waals surface area contributed by atoms with E-state index in [1.54, 1.807) is 12.4 Å². The Bertz CT molecular complexity index is 1000. The molecule has 5 nitrogen and oxygen atoms in total. The molecule has 0 saturated heterocycles. The van der Waals surface area contributed by atoms with Crippen molar-refractivity contribution in [3.05, 3.63) is 66.5 Å². The fourth-order valence-corrected chi connectivity index (χ4v) is 2.76. The average Bonchev–Trinajstić information content (AvgIpc) is 2.99. The first-order valence-corrected chi connectivity index (χ1v) is 7.41. The van der Waals surface area contributed by atoms with E-state index >= 15 is 0 Å². The average molecular weight is 301 g/mol. The van der Waals surface area contributed by atoms with E-state index < -0.39 is 0 Å². The van der Waals surface area contributed by atoms with Crippen molar-refractivity contribution >= 4 is 11.0 Å². The molecule has 0 aliphatic heterocycles. The number of aromatic nitrogens is 5. The zero-order valence-corrected chi connectivity index (χ0v) is 12.9. The van der Waals surface area contributed by atoms with E-state index in [0.717, 1.165) is 33.5 Å². The molecule has 0 N–H and O–H groups in total. The number of pyridine rings is 3. The smallest absolute Gasteiger partial charge is 0.163 e. The Kier molecular flexibility index (Phi) is 3.12. The fraction of sp³-hybridized carbons (Fsp3) is 0.111. The largest absolute Gasteiger partial charge is 0.264 e. The van der Waals surface area contributed by atoms with Gasteiger partial charge in [0.05, 0.1) is 11.9 Å². The lowest BCUT2D eigenvalue weighted by molar-refractivity contribution is 0.891. The van der Waals surface area contributed by atoms with Gasteiger partial charge in [0.2, 0.25) is 0 Å². The van der Waals surface area contributed by atoms with Gasteiger partial charge >= 0.3 is 0 Å². The van der Waals surface area contributed by atoms with Gasteiger partial charge < -0.3 is 0 Å². The molecule has 0 radical (unpaired) electrons. The van der Waals surface area contributed by atoms with E-state index in [-0.39, 0.29) is 0 Å². The molecule has 23 heavy (non-hydrogen) atoms. The number of rotatable bonds is 2. The molecular formula is C18H15N5. The van der Waals surface area contributed by atoms with E-state index in [0.29, 0.717) is 0 Å². The van der Waals surface area contributed by atoms with E-state index in [1.807, 2.05) is 54.5 Å². The van der Waals surface area contributed by atoms with Crippen molar-refractivity contribution < 1.29 is 0 Å². The summed E-state index contributed by atoms with van der Waals surface area (Å²) in [6.45, 7) is 4.05. The Labute approximate surface area is 133 Å². The third-order valence-corrected chi connectivity index (χ3v) is 3.93. The number of nitrogens with zero attached hydrogens (tertiary/aromatic N) is 5. The highest BCUT2D eigenvalue weighted by molar-refractivity contribution is 5.93. The molecule has 0 aliphatic carbocycles. The molecule has 0 aliphatic rings. The van der Waals surface area contributed by atoms with Crippen molar-refractivity contribution in [3.63, 3.8) is 0 Å². The van der Waals surface area contributed by atoms with Gasteiger partial charge in [0, 0.05) is 41.4 Å². The summed E-state index contributed by atoms with van der Waals surface area (Å²) in [7, 11) is 0. The third kappa shape index (κ3) is 2.26. The summed E-state index contributed by atoms with van der Waals surface area (Å²) in [6, 6.07) is 7.95. The van der Waals surface area contributed by atoms with Crippen LogP contribution >= 0.6 is 0 Å². The lowest BCUT2D eigenvalue weighted by Crippen LogP contribution is -1.98. The van der Waals surface area contributed by atoms with Crippen LogP contribution in [0, 0.1) is 13.8 Å². The van der Waals surface area contributed by atoms with Crippen LogP contribution < -0.4 is 0 Å². The van der Waals surface area contributed by atoms with E-state index in [1.165, 1.54) is 5.56 Å². The van der Waals surface area contributed by atoms with E-state index in [4.69, 9.17) is 0 Å². The molecule has 0 unspecified atom stereocenters. The quantitative estimate of drug-likeness (QED) is 0.568. The number of hydrogen-bond donors (Lipinski definition) is 0. The minimum Gasteiger partial charge on any atom is -0.264 e. The second-order valence-electron chi connectivity index (χ2n) is 5.50. The lowest BCUT2D eigenvalue weighted by atomic mass is 10.0. The lowest BCUT2D eigenvalue weighted by Gasteiger charge is -2.07. The van der Waals surface area contributed by atoms with Gasteiger partial charge in [-0.15, -0.1) is 0 Å². The normalized spacial score (nSPS) is 11.0. The van der Waals surface area contributed by atoms with Gasteiger partial charge in [0.15, 0.2) is 5.65 Å². The molecule has 4 aromatic heterocycles. The zero-order valence-electron chi connectivity index (χ0n) is 12.9. The minimum absolute atomic E-state index is 0.830. The molecule has 112 valence electrons. The Morgan fingerprint density at radius 2 is 1.74 bits per heavy atom. The van der Waals surface area contributed by atoms with Crippen molar-refractivity contribution in [2.75, 3.05) is 0 Å². The van der Waals surface area contributed by atoms with Gasteiger partial charge in [-0.2, -0.15) is 5.10 Å². The fourth-order valence-electron chi connectivity index (χ4n) is 2.76. The predicted molar refractivity (Wildman–Crippen MR) is 89.4 cm³/mol. The Balaban J connectivity index is 1.96. The van der Waals surface area contributed by atoms with Crippen LogP contribution in [0.25, 0.3) is 27.8 Å². The highest BCUT2D eigenvalue weighted by atomic mass is 15.3. The maximum Gasteiger partial charge on any atom is 0.163 e. The van der Waals surface area contributed by atoms with Crippen LogP contribution in [0.5, 0.6) is 0 Å². The van der Waals surface area contributed by atoms with Crippen molar-refractivity contribution in [3.8, 4) is 16.8 Å². The van der Waals surface area contributed by atoms with Crippen LogP contribution in [-0.2, 0) is 0 Å². The van der Waals surface area contributed by atoms with Crippen LogP contribution in [0.4, 0.5) is 0 Å². The summed E-state index contributed by atoms with van der Waals surface area (Å²) in [5.74, 6) is 0. The summed E-state index contributed by atoms with van der Waals surface area (Å²) in [5, 5.41) is 5.54. The zero-order chi connectivity index (χ0) is 15.8. The number of fused-ring (bicyclic) bond motifs is 1. The standard InChI is InChI=1S/C18H15N5/c1-12-3-6-19-10-16(12)15-5-8-21-18-17(15)11-22-23(18)14-4-7-20-13(2)9-14/h3-11H,1-2H3. The third-order valence-electron chi connectivity index (χ3n) is 3.93. The van der Waals surface area contributed by atoms with Gasteiger partial charge in [-0.1, -0.05) is 0 Å². The molecule has 0 spiro atoms. The maximum atomic E-state index is 4.53. The number of hydrogen-bond acceptors (Lipinski definition) is 4. The highest BCUT2D eigenvalue weighted by Crippen LogP contribution is 2.29. The van der Waals surface area contributed by atoms with Gasteiger partial charge in [-0.25, -0.2) is 9.67 Å². The van der Waals surface area contributed by atoms with Crippen molar-refractivity contribution in [2.24, 2.45) is 0 Å². The summed E-state index contributed by atoms with van der Waals surface area (Å²) in [6.07, 6.45) is 9.15. The first-order chi connectivity index (χ1) is 11.2. The van der Waals surface area contributed by atoms with Gasteiger partial charge in [-0.05, 0) is 49.2 Å². The van der Waals surface area contributed by atoms with Crippen molar-refractivity contribution in [2.45, 2.75) is 13.8 Å². The van der Waals surface area contributed by atoms with Crippen LogP contribution in [0.15, 0.2) is 55.2 Å². The van der Waals surface area contributed by atoms with Gasteiger partial charge in [-0.3, -0.25) is 9.97 Å². The van der Waals surface area contributed by atoms with Crippen molar-refractivity contribution in [1.82, 2.24) is 24.7 Å². The molecule has 0 saturated carbocycles. The monoisotopic (exact) mass is 301 g/mol. The Morgan fingerprint density at radius 1 is 0.870 bits per heavy atom. The van der Waals surface area contributed by atoms with Crippen LogP contribution in [-0.4, -0.2) is 24.7 Å². The van der Waals surface area contributed by atoms with Crippen molar-refractivity contribution in [1.29, 1.82) is 0 Å². The molecule has 0 fully saturated rings. The first kappa shape index (κ1) is 13.6. The second-order valence-corrected chi connectivity index (χ2v) is 5.50. The number of aryl methyl sites for hydroxylation is 2. The topological polar surface area (TPSA) is 56.5 Å². The molecule has 0 amide bonds. The summed E-state index contributed by atoms with van der Waals surface area (Å²) >= 11 is 0. The van der Waals surface area contributed by atoms with Crippen LogP contribution in [0.1, 0.15) is 11.3 Å². The molecule has 4 heterocycles.